The van der Waals surface area contributed by atoms with Crippen LogP contribution in [-0.2, 0) is 12.2 Å². The summed E-state index contributed by atoms with van der Waals surface area (Å²) >= 11 is 4.05. The van der Waals surface area contributed by atoms with Crippen molar-refractivity contribution < 1.29 is 0 Å². The van der Waals surface area contributed by atoms with Gasteiger partial charge in [0.1, 0.15) is 0 Å². The highest BCUT2D eigenvalue weighted by Gasteiger charge is 2.20. The first kappa shape index (κ1) is 13.2. The first-order valence-corrected chi connectivity index (χ1v) is 8.68. The fourth-order valence-corrected chi connectivity index (χ4v) is 5.18. The predicted octanol–water partition coefficient (Wildman–Crippen LogP) is 4.15. The van der Waals surface area contributed by atoms with Gasteiger partial charge in [-0.3, -0.25) is 0 Å². The molecule has 0 amide bonds. The summed E-state index contributed by atoms with van der Waals surface area (Å²) in [6.07, 6.45) is 1.24. The van der Waals surface area contributed by atoms with E-state index in [1.807, 2.05) is 11.3 Å². The Kier molecular flexibility index (Phi) is 3.96. The Labute approximate surface area is 123 Å². The molecule has 1 aliphatic rings. The lowest BCUT2D eigenvalue weighted by molar-refractivity contribution is 0.699. The predicted molar refractivity (Wildman–Crippen MR) is 86.3 cm³/mol. The molecule has 1 N–H and O–H groups in total. The highest BCUT2D eigenvalue weighted by molar-refractivity contribution is 7.98. The van der Waals surface area contributed by atoms with Gasteiger partial charge in [0, 0.05) is 15.5 Å². The zero-order valence-corrected chi connectivity index (χ0v) is 13.0. The molecule has 1 unspecified atom stereocenters. The van der Waals surface area contributed by atoms with Crippen LogP contribution in [0.4, 0.5) is 0 Å². The molecule has 2 heterocycles. The van der Waals surface area contributed by atoms with Crippen LogP contribution < -0.4 is 5.32 Å². The van der Waals surface area contributed by atoms with Crippen molar-refractivity contribution in [2.75, 3.05) is 12.8 Å². The van der Waals surface area contributed by atoms with E-state index in [0.717, 1.165) is 0 Å². The van der Waals surface area contributed by atoms with Gasteiger partial charge < -0.3 is 5.32 Å². The molecule has 1 aromatic heterocycles. The van der Waals surface area contributed by atoms with E-state index in [9.17, 15) is 0 Å². The van der Waals surface area contributed by atoms with E-state index in [2.05, 4.69) is 61.4 Å². The van der Waals surface area contributed by atoms with Crippen LogP contribution in [0, 0.1) is 6.92 Å². The minimum Gasteiger partial charge on any atom is -0.309 e. The molecule has 1 nitrogen and oxygen atoms in total. The maximum absolute atomic E-state index is 3.49. The molecule has 0 radical (unpaired) electrons. The van der Waals surface area contributed by atoms with Crippen LogP contribution in [0.1, 0.15) is 32.5 Å². The summed E-state index contributed by atoms with van der Waals surface area (Å²) in [4.78, 5) is 3.06. The lowest BCUT2D eigenvalue weighted by Crippen LogP contribution is -2.17. The zero-order valence-electron chi connectivity index (χ0n) is 11.4. The van der Waals surface area contributed by atoms with Gasteiger partial charge in [-0.2, -0.15) is 11.8 Å². The van der Waals surface area contributed by atoms with Crippen molar-refractivity contribution in [3.8, 4) is 0 Å². The molecule has 0 saturated carbocycles. The van der Waals surface area contributed by atoms with Gasteiger partial charge in [-0.15, -0.1) is 11.3 Å². The Bertz CT molecular complexity index is 550. The van der Waals surface area contributed by atoms with Gasteiger partial charge in [-0.25, -0.2) is 0 Å². The van der Waals surface area contributed by atoms with Gasteiger partial charge in [-0.05, 0) is 48.9 Å². The van der Waals surface area contributed by atoms with Crippen LogP contribution in [-0.4, -0.2) is 12.8 Å². The lowest BCUT2D eigenvalue weighted by atomic mass is 10.00. The summed E-state index contributed by atoms with van der Waals surface area (Å²) in [5.74, 6) is 2.47. The van der Waals surface area contributed by atoms with Crippen molar-refractivity contribution in [1.29, 1.82) is 0 Å². The molecule has 0 bridgehead atoms. The van der Waals surface area contributed by atoms with Gasteiger partial charge in [0.2, 0.25) is 0 Å². The third kappa shape index (κ3) is 2.60. The maximum atomic E-state index is 3.49. The van der Waals surface area contributed by atoms with E-state index in [1.54, 1.807) is 10.4 Å². The van der Waals surface area contributed by atoms with Gasteiger partial charge in [0.15, 0.2) is 0 Å². The van der Waals surface area contributed by atoms with Crippen molar-refractivity contribution >= 4 is 23.1 Å². The molecular weight excluding hydrogens is 270 g/mol. The van der Waals surface area contributed by atoms with Gasteiger partial charge in [0.05, 0.1) is 6.04 Å². The molecule has 0 aliphatic carbocycles. The normalized spacial score (nSPS) is 16.1. The number of hydrogen-bond donors (Lipinski definition) is 1. The smallest absolute Gasteiger partial charge is 0.0671 e. The standard InChI is InChI=1S/C16H19NS2/c1-11-5-3-4-6-13(11)16(17-2)15-9-12-10-18-8-7-14(12)19-15/h3-6,9,16-17H,7-8,10H2,1-2H3. The molecule has 100 valence electrons. The van der Waals surface area contributed by atoms with Gasteiger partial charge in [-0.1, -0.05) is 24.3 Å². The quantitative estimate of drug-likeness (QED) is 0.911. The van der Waals surface area contributed by atoms with E-state index in [4.69, 9.17) is 0 Å². The van der Waals surface area contributed by atoms with Crippen molar-refractivity contribution in [2.24, 2.45) is 0 Å². The fraction of sp³-hybridized carbons (Fsp3) is 0.375. The molecule has 3 rings (SSSR count). The summed E-state index contributed by atoms with van der Waals surface area (Å²) in [5.41, 5.74) is 4.32. The molecule has 3 heteroatoms. The minimum absolute atomic E-state index is 0.335. The van der Waals surface area contributed by atoms with Crippen molar-refractivity contribution in [3.63, 3.8) is 0 Å². The third-order valence-electron chi connectivity index (χ3n) is 3.72. The third-order valence-corrected chi connectivity index (χ3v) is 6.03. The molecule has 2 aromatic rings. The molecule has 0 spiro atoms. The second-order valence-electron chi connectivity index (χ2n) is 4.98. The maximum Gasteiger partial charge on any atom is 0.0671 e. The summed E-state index contributed by atoms with van der Waals surface area (Å²) in [7, 11) is 2.06. The molecule has 1 atom stereocenters. The number of nitrogens with one attached hydrogen (secondary N) is 1. The zero-order chi connectivity index (χ0) is 13.2. The Morgan fingerprint density at radius 3 is 2.84 bits per heavy atom. The summed E-state index contributed by atoms with van der Waals surface area (Å²) in [6.45, 7) is 2.20. The molecule has 1 aliphatic heterocycles. The largest absolute Gasteiger partial charge is 0.309 e. The first-order chi connectivity index (χ1) is 9.29. The molecule has 1 aromatic carbocycles. The minimum atomic E-state index is 0.335. The lowest BCUT2D eigenvalue weighted by Gasteiger charge is -2.17. The van der Waals surface area contributed by atoms with E-state index in [1.165, 1.54) is 33.9 Å². The van der Waals surface area contributed by atoms with Crippen molar-refractivity contribution in [1.82, 2.24) is 5.32 Å². The van der Waals surface area contributed by atoms with E-state index < -0.39 is 0 Å². The Hall–Kier alpha value is -0.770. The highest BCUT2D eigenvalue weighted by Crippen LogP contribution is 2.36. The van der Waals surface area contributed by atoms with Crippen LogP contribution in [0.15, 0.2) is 30.3 Å². The topological polar surface area (TPSA) is 12.0 Å². The number of fused-ring (bicyclic) bond motifs is 1. The van der Waals surface area contributed by atoms with Gasteiger partial charge >= 0.3 is 0 Å². The second-order valence-corrected chi connectivity index (χ2v) is 7.25. The average molecular weight is 289 g/mol. The van der Waals surface area contributed by atoms with Crippen LogP contribution in [0.5, 0.6) is 0 Å². The summed E-state index contributed by atoms with van der Waals surface area (Å²) in [5, 5.41) is 3.49. The average Bonchev–Trinajstić information content (AvgIpc) is 2.85. The van der Waals surface area contributed by atoms with Crippen LogP contribution in [0.3, 0.4) is 0 Å². The van der Waals surface area contributed by atoms with Crippen molar-refractivity contribution in [2.45, 2.75) is 25.1 Å². The van der Waals surface area contributed by atoms with Crippen LogP contribution in [0.2, 0.25) is 0 Å². The van der Waals surface area contributed by atoms with Crippen LogP contribution >= 0.6 is 23.1 Å². The molecule has 0 fully saturated rings. The number of aryl methyl sites for hydroxylation is 2. The summed E-state index contributed by atoms with van der Waals surface area (Å²) < 4.78 is 0. The highest BCUT2D eigenvalue weighted by atomic mass is 32.2. The number of thiophene rings is 1. The number of thioether (sulfide) groups is 1. The van der Waals surface area contributed by atoms with E-state index in [0.29, 0.717) is 6.04 Å². The summed E-state index contributed by atoms with van der Waals surface area (Å²) in [6, 6.07) is 11.4. The SMILES string of the molecule is CNC(c1cc2c(s1)CCSC2)c1ccccc1C. The van der Waals surface area contributed by atoms with E-state index in [-0.39, 0.29) is 0 Å². The first-order valence-electron chi connectivity index (χ1n) is 6.71. The molecular formula is C16H19NS2. The van der Waals surface area contributed by atoms with E-state index >= 15 is 0 Å². The molecule has 19 heavy (non-hydrogen) atoms. The van der Waals surface area contributed by atoms with Crippen LogP contribution in [0.25, 0.3) is 0 Å². The number of benzene rings is 1. The van der Waals surface area contributed by atoms with Crippen molar-refractivity contribution in [3.05, 3.63) is 56.8 Å². The Morgan fingerprint density at radius 1 is 1.26 bits per heavy atom. The number of hydrogen-bond acceptors (Lipinski definition) is 3. The molecule has 0 saturated heterocycles. The number of rotatable bonds is 3. The Balaban J connectivity index is 1.98. The fourth-order valence-electron chi connectivity index (χ4n) is 2.67. The Morgan fingerprint density at radius 2 is 2.11 bits per heavy atom. The monoisotopic (exact) mass is 289 g/mol. The second kappa shape index (κ2) is 5.70. The van der Waals surface area contributed by atoms with Gasteiger partial charge in [0.25, 0.3) is 0 Å².